The molecule has 1 rings (SSSR count). The van der Waals surface area contributed by atoms with Gasteiger partial charge in [0.15, 0.2) is 0 Å². The van der Waals surface area contributed by atoms with E-state index in [1.807, 2.05) is 0 Å². The summed E-state index contributed by atoms with van der Waals surface area (Å²) in [6, 6.07) is 0. The summed E-state index contributed by atoms with van der Waals surface area (Å²) in [5.74, 6) is -0.185. The van der Waals surface area contributed by atoms with Gasteiger partial charge in [0.2, 0.25) is 0 Å². The summed E-state index contributed by atoms with van der Waals surface area (Å²) in [7, 11) is 0. The van der Waals surface area contributed by atoms with E-state index in [4.69, 9.17) is 5.73 Å². The summed E-state index contributed by atoms with van der Waals surface area (Å²) in [6.07, 6.45) is 0.711. The zero-order valence-corrected chi connectivity index (χ0v) is 11.8. The summed E-state index contributed by atoms with van der Waals surface area (Å²) in [5, 5.41) is 5.30. The fraction of sp³-hybridized carbons (Fsp3) is 0.333. The van der Waals surface area contributed by atoms with E-state index in [2.05, 4.69) is 32.8 Å². The average molecular weight is 327 g/mol. The minimum absolute atomic E-state index is 0. The normalized spacial score (nSPS) is 9.38. The predicted octanol–water partition coefficient (Wildman–Crippen LogP) is 1.70. The Morgan fingerprint density at radius 3 is 2.94 bits per heavy atom. The lowest BCUT2D eigenvalue weighted by atomic mass is 10.4. The van der Waals surface area contributed by atoms with E-state index in [9.17, 15) is 4.79 Å². The van der Waals surface area contributed by atoms with E-state index >= 15 is 0 Å². The monoisotopic (exact) mass is 325 g/mol. The van der Waals surface area contributed by atoms with Crippen LogP contribution in [0.3, 0.4) is 0 Å². The van der Waals surface area contributed by atoms with Gasteiger partial charge in [-0.2, -0.15) is 0 Å². The van der Waals surface area contributed by atoms with Crippen LogP contribution in [0.5, 0.6) is 0 Å². The van der Waals surface area contributed by atoms with Crippen LogP contribution in [0.25, 0.3) is 0 Å². The van der Waals surface area contributed by atoms with Crippen molar-refractivity contribution in [3.05, 3.63) is 27.1 Å². The van der Waals surface area contributed by atoms with Crippen molar-refractivity contribution in [2.45, 2.75) is 6.42 Å². The number of halogens is 2. The third-order valence-electron chi connectivity index (χ3n) is 1.58. The molecule has 7 heteroatoms. The molecule has 1 amide bonds. The molecule has 0 unspecified atom stereocenters. The highest BCUT2D eigenvalue weighted by Crippen LogP contribution is 2.10. The van der Waals surface area contributed by atoms with Crippen molar-refractivity contribution in [3.8, 4) is 0 Å². The molecule has 0 fully saturated rings. The first-order chi connectivity index (χ1) is 7.13. The van der Waals surface area contributed by atoms with Crippen molar-refractivity contribution in [1.29, 1.82) is 0 Å². The van der Waals surface area contributed by atoms with Crippen LogP contribution in [-0.4, -0.2) is 24.0 Å². The smallest absolute Gasteiger partial charge is 0.271 e. The van der Waals surface area contributed by atoms with Gasteiger partial charge in [0.25, 0.3) is 5.91 Å². The van der Waals surface area contributed by atoms with Gasteiger partial charge in [-0.1, -0.05) is 22.5 Å². The number of thiazole rings is 1. The van der Waals surface area contributed by atoms with Gasteiger partial charge in [0.1, 0.15) is 5.69 Å². The number of rotatable bonds is 5. The number of amides is 1. The summed E-state index contributed by atoms with van der Waals surface area (Å²) < 4.78 is 0.730. The van der Waals surface area contributed by atoms with Gasteiger partial charge in [-0.15, -0.1) is 23.7 Å². The molecular weight excluding hydrogens is 314 g/mol. The second-order valence-electron chi connectivity index (χ2n) is 2.87. The molecule has 0 aliphatic rings. The van der Waals surface area contributed by atoms with Crippen LogP contribution in [0.4, 0.5) is 0 Å². The molecule has 0 atom stereocenters. The van der Waals surface area contributed by atoms with Gasteiger partial charge in [0, 0.05) is 22.8 Å². The molecule has 0 aromatic carbocycles. The highest BCUT2D eigenvalue weighted by molar-refractivity contribution is 9.11. The number of carbonyl (C=O) groups excluding carboxylic acids is 1. The van der Waals surface area contributed by atoms with E-state index in [1.54, 1.807) is 5.38 Å². The second kappa shape index (κ2) is 7.78. The van der Waals surface area contributed by atoms with E-state index in [1.165, 1.54) is 11.3 Å². The average Bonchev–Trinajstić information content (AvgIpc) is 2.63. The zero-order valence-electron chi connectivity index (χ0n) is 8.53. The molecule has 0 saturated carbocycles. The topological polar surface area (TPSA) is 68.0 Å². The first-order valence-corrected chi connectivity index (χ1v) is 6.06. The van der Waals surface area contributed by atoms with Gasteiger partial charge in [0.05, 0.1) is 5.01 Å². The largest absolute Gasteiger partial charge is 0.346 e. The molecule has 1 heterocycles. The van der Waals surface area contributed by atoms with E-state index in [0.29, 0.717) is 25.2 Å². The molecule has 0 bridgehead atoms. The molecule has 1 aromatic rings. The number of nitrogens with zero attached hydrogens (tertiary/aromatic N) is 1. The highest BCUT2D eigenvalue weighted by Gasteiger charge is 2.09. The Morgan fingerprint density at radius 2 is 2.38 bits per heavy atom. The SMILES string of the molecule is C=C(Br)CNC(=O)c1csc(CCN)n1.Cl. The van der Waals surface area contributed by atoms with Crippen LogP contribution >= 0.6 is 39.7 Å². The number of nitrogens with two attached hydrogens (primary N) is 1. The Labute approximate surface area is 113 Å². The molecule has 4 nitrogen and oxygen atoms in total. The maximum Gasteiger partial charge on any atom is 0.271 e. The van der Waals surface area contributed by atoms with Crippen LogP contribution in [-0.2, 0) is 6.42 Å². The Balaban J connectivity index is 0.00000225. The number of hydrogen-bond donors (Lipinski definition) is 2. The van der Waals surface area contributed by atoms with Crippen molar-refractivity contribution in [2.24, 2.45) is 5.73 Å². The van der Waals surface area contributed by atoms with E-state index < -0.39 is 0 Å². The summed E-state index contributed by atoms with van der Waals surface area (Å²) >= 11 is 4.61. The Bertz CT molecular complexity index is 369. The van der Waals surface area contributed by atoms with E-state index in [0.717, 1.165) is 9.49 Å². The number of nitrogens with one attached hydrogen (secondary N) is 1. The van der Waals surface area contributed by atoms with Crippen molar-refractivity contribution >= 4 is 45.6 Å². The summed E-state index contributed by atoms with van der Waals surface area (Å²) in [5.41, 5.74) is 5.83. The lowest BCUT2D eigenvalue weighted by Crippen LogP contribution is -2.24. The molecule has 3 N–H and O–H groups in total. The van der Waals surface area contributed by atoms with Gasteiger partial charge in [-0.3, -0.25) is 4.79 Å². The first kappa shape index (κ1) is 15.6. The summed E-state index contributed by atoms with van der Waals surface area (Å²) in [4.78, 5) is 15.7. The number of hydrogen-bond acceptors (Lipinski definition) is 4. The molecular formula is C9H13BrClN3OS. The lowest BCUT2D eigenvalue weighted by molar-refractivity contribution is 0.0953. The zero-order chi connectivity index (χ0) is 11.3. The first-order valence-electron chi connectivity index (χ1n) is 4.39. The standard InChI is InChI=1S/C9H12BrN3OS.ClH/c1-6(10)4-12-9(14)7-5-15-8(13-7)2-3-11;/h5H,1-4,11H2,(H,12,14);1H. The highest BCUT2D eigenvalue weighted by atomic mass is 79.9. The fourth-order valence-electron chi connectivity index (χ4n) is 0.920. The number of aromatic nitrogens is 1. The van der Waals surface area contributed by atoms with Crippen molar-refractivity contribution in [2.75, 3.05) is 13.1 Å². The third kappa shape index (κ3) is 5.07. The third-order valence-corrected chi connectivity index (χ3v) is 2.77. The van der Waals surface area contributed by atoms with Crippen LogP contribution < -0.4 is 11.1 Å². The molecule has 0 radical (unpaired) electrons. The predicted molar refractivity (Wildman–Crippen MR) is 72.5 cm³/mol. The van der Waals surface area contributed by atoms with Crippen LogP contribution in [0.2, 0.25) is 0 Å². The van der Waals surface area contributed by atoms with Gasteiger partial charge in [-0.25, -0.2) is 4.98 Å². The van der Waals surface area contributed by atoms with Gasteiger partial charge >= 0.3 is 0 Å². The molecule has 0 spiro atoms. The minimum Gasteiger partial charge on any atom is -0.346 e. The molecule has 1 aromatic heterocycles. The number of carbonyl (C=O) groups is 1. The Morgan fingerprint density at radius 1 is 1.69 bits per heavy atom. The minimum atomic E-state index is -0.185. The molecule has 0 aliphatic carbocycles. The fourth-order valence-corrected chi connectivity index (χ4v) is 1.85. The maximum absolute atomic E-state index is 11.5. The van der Waals surface area contributed by atoms with E-state index in [-0.39, 0.29) is 18.3 Å². The maximum atomic E-state index is 11.5. The van der Waals surface area contributed by atoms with Gasteiger partial charge < -0.3 is 11.1 Å². The Hall–Kier alpha value is -0.430. The van der Waals surface area contributed by atoms with Crippen LogP contribution in [0, 0.1) is 0 Å². The molecule has 0 saturated heterocycles. The van der Waals surface area contributed by atoms with Crippen LogP contribution in [0.1, 0.15) is 15.5 Å². The molecule has 90 valence electrons. The van der Waals surface area contributed by atoms with Crippen molar-refractivity contribution in [1.82, 2.24) is 10.3 Å². The summed E-state index contributed by atoms with van der Waals surface area (Å²) in [6.45, 7) is 4.58. The molecule has 16 heavy (non-hydrogen) atoms. The van der Waals surface area contributed by atoms with Crippen molar-refractivity contribution in [3.63, 3.8) is 0 Å². The quantitative estimate of drug-likeness (QED) is 0.865. The second-order valence-corrected chi connectivity index (χ2v) is 4.93. The molecule has 0 aliphatic heterocycles. The lowest BCUT2D eigenvalue weighted by Gasteiger charge is -2.00. The van der Waals surface area contributed by atoms with Crippen molar-refractivity contribution < 1.29 is 4.79 Å². The van der Waals surface area contributed by atoms with Gasteiger partial charge in [-0.05, 0) is 6.54 Å². The van der Waals surface area contributed by atoms with Crippen LogP contribution in [0.15, 0.2) is 16.4 Å². The Kier molecular flexibility index (Phi) is 7.57.